The van der Waals surface area contributed by atoms with Crippen LogP contribution in [0.3, 0.4) is 0 Å². The summed E-state index contributed by atoms with van der Waals surface area (Å²) in [4.78, 5) is 13.4. The third-order valence-corrected chi connectivity index (χ3v) is 3.77. The first-order valence-corrected chi connectivity index (χ1v) is 7.89. The van der Waals surface area contributed by atoms with Crippen LogP contribution in [-0.4, -0.2) is 35.0 Å². The number of nitrogens with one attached hydrogen (secondary N) is 2. The summed E-state index contributed by atoms with van der Waals surface area (Å²) in [5, 5.41) is 10.7. The van der Waals surface area contributed by atoms with Crippen LogP contribution in [0.1, 0.15) is 6.92 Å². The van der Waals surface area contributed by atoms with Crippen LogP contribution in [0, 0.1) is 5.41 Å². The lowest BCUT2D eigenvalue weighted by Crippen LogP contribution is -2.12. The van der Waals surface area contributed by atoms with E-state index in [0.29, 0.717) is 34.1 Å². The minimum absolute atomic E-state index is 0.190. The minimum atomic E-state index is 0.190. The van der Waals surface area contributed by atoms with Crippen molar-refractivity contribution in [1.82, 2.24) is 15.0 Å². The molecule has 0 saturated heterocycles. The normalized spacial score (nSPS) is 10.4. The van der Waals surface area contributed by atoms with E-state index in [4.69, 9.17) is 14.9 Å². The predicted octanol–water partition coefficient (Wildman–Crippen LogP) is 3.67. The number of hydrogen-bond acceptors (Lipinski definition) is 6. The molecule has 0 unspecified atom stereocenters. The molecular weight excluding hydrogens is 330 g/mol. The smallest absolute Gasteiger partial charge is 0.180 e. The Kier molecular flexibility index (Phi) is 4.79. The topological polar surface area (TPSA) is 93.0 Å². The highest BCUT2D eigenvalue weighted by Gasteiger charge is 2.09. The number of anilines is 1. The van der Waals surface area contributed by atoms with Gasteiger partial charge in [-0.1, -0.05) is 6.58 Å². The molecule has 2 N–H and O–H groups in total. The first-order valence-electron chi connectivity index (χ1n) is 7.89. The summed E-state index contributed by atoms with van der Waals surface area (Å²) in [6, 6.07) is 9.33. The number of ether oxygens (including phenoxy) is 2. The van der Waals surface area contributed by atoms with Gasteiger partial charge < -0.3 is 14.8 Å². The standard InChI is InChI=1S/C19H19N5O2/c1-11(2)18(20)23-17-10-21-14-7-6-13(22-19(14)24-17)12-5-8-15(25-3)16(9-12)26-4/h5-10H,1H2,2-4H3,(H2,20,22,23,24). The molecule has 2 aromatic heterocycles. The van der Waals surface area contributed by atoms with Gasteiger partial charge in [0.1, 0.15) is 11.4 Å². The van der Waals surface area contributed by atoms with Crippen molar-refractivity contribution in [3.63, 3.8) is 0 Å². The van der Waals surface area contributed by atoms with Crippen molar-refractivity contribution in [3.8, 4) is 22.8 Å². The van der Waals surface area contributed by atoms with Gasteiger partial charge in [0.25, 0.3) is 0 Å². The molecule has 2 heterocycles. The van der Waals surface area contributed by atoms with E-state index in [9.17, 15) is 0 Å². The molecule has 0 amide bonds. The lowest BCUT2D eigenvalue weighted by atomic mass is 10.1. The lowest BCUT2D eigenvalue weighted by Gasteiger charge is -2.10. The van der Waals surface area contributed by atoms with Crippen LogP contribution in [0.15, 0.2) is 48.7 Å². The number of hydrogen-bond donors (Lipinski definition) is 2. The molecule has 0 spiro atoms. The number of nitrogens with zero attached hydrogens (tertiary/aromatic N) is 3. The van der Waals surface area contributed by atoms with E-state index in [1.54, 1.807) is 27.3 Å². The fraction of sp³-hybridized carbons (Fsp3) is 0.158. The Hall–Kier alpha value is -3.48. The van der Waals surface area contributed by atoms with E-state index in [1.807, 2.05) is 30.3 Å². The molecule has 0 saturated carbocycles. The van der Waals surface area contributed by atoms with Gasteiger partial charge in [-0.05, 0) is 42.8 Å². The maximum atomic E-state index is 7.82. The SMILES string of the molecule is C=C(C)C(=N)Nc1cnc2ccc(-c3ccc(OC)c(OC)c3)nc2n1. The van der Waals surface area contributed by atoms with E-state index in [2.05, 4.69) is 26.8 Å². The summed E-state index contributed by atoms with van der Waals surface area (Å²) in [6.45, 7) is 5.47. The zero-order chi connectivity index (χ0) is 18.7. The third-order valence-electron chi connectivity index (χ3n) is 3.77. The molecule has 0 atom stereocenters. The Bertz CT molecular complexity index is 1000. The van der Waals surface area contributed by atoms with Gasteiger partial charge in [0.05, 0.1) is 26.1 Å². The third kappa shape index (κ3) is 3.46. The molecule has 3 rings (SSSR count). The van der Waals surface area contributed by atoms with Crippen molar-refractivity contribution in [2.75, 3.05) is 19.5 Å². The molecule has 0 fully saturated rings. The van der Waals surface area contributed by atoms with Gasteiger partial charge in [-0.15, -0.1) is 0 Å². The first-order chi connectivity index (χ1) is 12.5. The van der Waals surface area contributed by atoms with Crippen LogP contribution in [0.4, 0.5) is 5.82 Å². The van der Waals surface area contributed by atoms with Crippen molar-refractivity contribution >= 4 is 22.8 Å². The van der Waals surface area contributed by atoms with Crippen molar-refractivity contribution in [1.29, 1.82) is 5.41 Å². The maximum Gasteiger partial charge on any atom is 0.180 e. The fourth-order valence-corrected chi connectivity index (χ4v) is 2.35. The van der Waals surface area contributed by atoms with Crippen LogP contribution < -0.4 is 14.8 Å². The lowest BCUT2D eigenvalue weighted by molar-refractivity contribution is 0.355. The van der Waals surface area contributed by atoms with Crippen LogP contribution in [0.25, 0.3) is 22.4 Å². The van der Waals surface area contributed by atoms with E-state index >= 15 is 0 Å². The molecule has 7 nitrogen and oxygen atoms in total. The number of fused-ring (bicyclic) bond motifs is 1. The average Bonchev–Trinajstić information content (AvgIpc) is 2.66. The van der Waals surface area contributed by atoms with Crippen LogP contribution >= 0.6 is 0 Å². The zero-order valence-corrected chi connectivity index (χ0v) is 14.8. The molecule has 0 bridgehead atoms. The van der Waals surface area contributed by atoms with E-state index in [0.717, 1.165) is 11.3 Å². The highest BCUT2D eigenvalue weighted by atomic mass is 16.5. The molecule has 0 aliphatic carbocycles. The van der Waals surface area contributed by atoms with Gasteiger partial charge in [-0.3, -0.25) is 5.41 Å². The highest BCUT2D eigenvalue weighted by Crippen LogP contribution is 2.32. The molecule has 7 heteroatoms. The molecule has 3 aromatic rings. The summed E-state index contributed by atoms with van der Waals surface area (Å²) in [6.07, 6.45) is 1.57. The molecule has 0 radical (unpaired) electrons. The summed E-state index contributed by atoms with van der Waals surface area (Å²) < 4.78 is 10.6. The summed E-state index contributed by atoms with van der Waals surface area (Å²) >= 11 is 0. The fourth-order valence-electron chi connectivity index (χ4n) is 2.35. The Morgan fingerprint density at radius 3 is 2.54 bits per heavy atom. The second-order valence-corrected chi connectivity index (χ2v) is 5.64. The maximum absolute atomic E-state index is 7.82. The predicted molar refractivity (Wildman–Crippen MR) is 102 cm³/mol. The van der Waals surface area contributed by atoms with Gasteiger partial charge in [0.2, 0.25) is 0 Å². The monoisotopic (exact) mass is 349 g/mol. The summed E-state index contributed by atoms with van der Waals surface area (Å²) in [5.41, 5.74) is 3.37. The number of rotatable bonds is 5. The van der Waals surface area contributed by atoms with Crippen molar-refractivity contribution in [2.24, 2.45) is 0 Å². The van der Waals surface area contributed by atoms with Crippen LogP contribution in [-0.2, 0) is 0 Å². The Balaban J connectivity index is 2.00. The minimum Gasteiger partial charge on any atom is -0.493 e. The highest BCUT2D eigenvalue weighted by molar-refractivity contribution is 6.04. The number of methoxy groups -OCH3 is 2. The molecule has 0 aliphatic rings. The van der Waals surface area contributed by atoms with Gasteiger partial charge >= 0.3 is 0 Å². The van der Waals surface area contributed by atoms with Crippen molar-refractivity contribution in [3.05, 3.63) is 48.7 Å². The molecular formula is C19H19N5O2. The summed E-state index contributed by atoms with van der Waals surface area (Å²) in [5.74, 6) is 1.92. The Morgan fingerprint density at radius 2 is 1.85 bits per heavy atom. The number of amidine groups is 1. The molecule has 1 aromatic carbocycles. The van der Waals surface area contributed by atoms with Gasteiger partial charge in [0, 0.05) is 5.56 Å². The van der Waals surface area contributed by atoms with Gasteiger partial charge in [-0.25, -0.2) is 15.0 Å². The van der Waals surface area contributed by atoms with E-state index < -0.39 is 0 Å². The summed E-state index contributed by atoms with van der Waals surface area (Å²) in [7, 11) is 3.19. The molecule has 132 valence electrons. The van der Waals surface area contributed by atoms with Gasteiger partial charge in [-0.2, -0.15) is 0 Å². The Morgan fingerprint density at radius 1 is 1.08 bits per heavy atom. The molecule has 26 heavy (non-hydrogen) atoms. The van der Waals surface area contributed by atoms with Crippen molar-refractivity contribution < 1.29 is 9.47 Å². The van der Waals surface area contributed by atoms with Gasteiger partial charge in [0.15, 0.2) is 23.0 Å². The number of pyridine rings is 1. The number of benzene rings is 1. The second-order valence-electron chi connectivity index (χ2n) is 5.64. The quantitative estimate of drug-likeness (QED) is 0.539. The van der Waals surface area contributed by atoms with Crippen molar-refractivity contribution in [2.45, 2.75) is 6.92 Å². The second kappa shape index (κ2) is 7.18. The van der Waals surface area contributed by atoms with Crippen LogP contribution in [0.5, 0.6) is 11.5 Å². The van der Waals surface area contributed by atoms with E-state index in [-0.39, 0.29) is 5.84 Å². The largest absolute Gasteiger partial charge is 0.493 e. The van der Waals surface area contributed by atoms with Crippen LogP contribution in [0.2, 0.25) is 0 Å². The zero-order valence-electron chi connectivity index (χ0n) is 14.8. The Labute approximate surface area is 151 Å². The first kappa shape index (κ1) is 17.3. The average molecular weight is 349 g/mol. The number of aromatic nitrogens is 3. The van der Waals surface area contributed by atoms with E-state index in [1.165, 1.54) is 0 Å². The molecule has 0 aliphatic heterocycles.